The quantitative estimate of drug-likeness (QED) is 0.590. The molecular formula is C24H25N3O6. The van der Waals surface area contributed by atoms with Crippen LogP contribution in [0.3, 0.4) is 0 Å². The second-order valence-corrected chi connectivity index (χ2v) is 8.88. The highest BCUT2D eigenvalue weighted by Gasteiger charge is 2.40. The highest BCUT2D eigenvalue weighted by Crippen LogP contribution is 2.40. The Labute approximate surface area is 189 Å². The summed E-state index contributed by atoms with van der Waals surface area (Å²) in [5.74, 6) is -1.19. The Bertz CT molecular complexity index is 1310. The predicted octanol–water partition coefficient (Wildman–Crippen LogP) is 2.14. The minimum absolute atomic E-state index is 0.0192. The first-order valence-corrected chi connectivity index (χ1v) is 10.9. The molecule has 0 radical (unpaired) electrons. The van der Waals surface area contributed by atoms with Gasteiger partial charge in [0.15, 0.2) is 0 Å². The molecule has 1 saturated heterocycles. The zero-order valence-corrected chi connectivity index (χ0v) is 18.2. The van der Waals surface area contributed by atoms with Gasteiger partial charge in [0.1, 0.15) is 18.3 Å². The van der Waals surface area contributed by atoms with Crippen molar-refractivity contribution >= 4 is 22.8 Å². The number of carbonyl (C=O) groups is 2. The van der Waals surface area contributed by atoms with Gasteiger partial charge >= 0.3 is 11.9 Å². The van der Waals surface area contributed by atoms with Crippen molar-refractivity contribution in [3.8, 4) is 5.75 Å². The monoisotopic (exact) mass is 451 g/mol. The van der Waals surface area contributed by atoms with E-state index in [0.717, 1.165) is 12.1 Å². The van der Waals surface area contributed by atoms with Crippen molar-refractivity contribution < 1.29 is 24.5 Å². The van der Waals surface area contributed by atoms with Gasteiger partial charge in [0.05, 0.1) is 7.11 Å². The number of nitrogens with zero attached hydrogens (tertiary/aromatic N) is 3. The van der Waals surface area contributed by atoms with Gasteiger partial charge in [-0.05, 0) is 36.6 Å². The number of rotatable bonds is 6. The van der Waals surface area contributed by atoms with Crippen LogP contribution in [0, 0.1) is 5.92 Å². The number of piperidine rings is 1. The number of likely N-dealkylation sites (tertiary alicyclic amines) is 1. The SMILES string of the molecule is COc1ccc2c(c1)c(C(C(=O)O)N1C[C@@H]3C[C@H](C1)c1cccc(=O)n1C3)cn2CC(=O)O. The Morgan fingerprint density at radius 2 is 1.97 bits per heavy atom. The summed E-state index contributed by atoms with van der Waals surface area (Å²) in [4.78, 5) is 38.3. The van der Waals surface area contributed by atoms with E-state index in [1.165, 1.54) is 7.11 Å². The lowest BCUT2D eigenvalue weighted by molar-refractivity contribution is -0.144. The Kier molecular flexibility index (Phi) is 5.20. The maximum Gasteiger partial charge on any atom is 0.325 e. The molecule has 9 nitrogen and oxygen atoms in total. The molecule has 2 aliphatic rings. The van der Waals surface area contributed by atoms with E-state index in [1.54, 1.807) is 41.1 Å². The molecule has 5 rings (SSSR count). The third kappa shape index (κ3) is 3.68. The van der Waals surface area contributed by atoms with Gasteiger partial charge in [0.25, 0.3) is 5.56 Å². The molecule has 1 unspecified atom stereocenters. The van der Waals surface area contributed by atoms with E-state index in [4.69, 9.17) is 4.74 Å². The van der Waals surface area contributed by atoms with Crippen molar-refractivity contribution in [3.63, 3.8) is 0 Å². The molecule has 9 heteroatoms. The van der Waals surface area contributed by atoms with Crippen LogP contribution in [0.5, 0.6) is 5.75 Å². The summed E-state index contributed by atoms with van der Waals surface area (Å²) in [5.41, 5.74) is 2.12. The number of aromatic nitrogens is 2. The van der Waals surface area contributed by atoms with Gasteiger partial charge in [0.2, 0.25) is 0 Å². The zero-order valence-electron chi connectivity index (χ0n) is 18.2. The second-order valence-electron chi connectivity index (χ2n) is 8.88. The third-order valence-corrected chi connectivity index (χ3v) is 6.83. The fraction of sp³-hybridized carbons (Fsp3) is 0.375. The number of aliphatic carboxylic acids is 2. The van der Waals surface area contributed by atoms with E-state index in [-0.39, 0.29) is 23.9 Å². The van der Waals surface area contributed by atoms with Gasteiger partial charge in [-0.15, -0.1) is 0 Å². The lowest BCUT2D eigenvalue weighted by Gasteiger charge is -2.44. The molecule has 0 aliphatic carbocycles. The zero-order chi connectivity index (χ0) is 23.3. The van der Waals surface area contributed by atoms with Crippen LogP contribution in [0.2, 0.25) is 0 Å². The number of ether oxygens (including phenoxy) is 1. The van der Waals surface area contributed by atoms with Crippen LogP contribution in [0.1, 0.15) is 29.6 Å². The fourth-order valence-electron chi connectivity index (χ4n) is 5.56. The molecule has 172 valence electrons. The van der Waals surface area contributed by atoms with Crippen molar-refractivity contribution in [2.75, 3.05) is 20.2 Å². The molecule has 2 N–H and O–H groups in total. The van der Waals surface area contributed by atoms with Crippen LogP contribution in [-0.4, -0.2) is 56.4 Å². The molecule has 2 bridgehead atoms. The molecule has 33 heavy (non-hydrogen) atoms. The number of carboxylic acids is 2. The van der Waals surface area contributed by atoms with Crippen LogP contribution in [0.4, 0.5) is 0 Å². The average Bonchev–Trinajstić information content (AvgIpc) is 3.11. The van der Waals surface area contributed by atoms with Gasteiger partial charge < -0.3 is 24.1 Å². The van der Waals surface area contributed by atoms with E-state index in [1.807, 2.05) is 15.5 Å². The summed E-state index contributed by atoms with van der Waals surface area (Å²) in [7, 11) is 1.54. The van der Waals surface area contributed by atoms with Crippen LogP contribution >= 0.6 is 0 Å². The number of methoxy groups -OCH3 is 1. The molecule has 0 amide bonds. The molecule has 1 fully saturated rings. The molecule has 2 aromatic heterocycles. The number of hydrogen-bond acceptors (Lipinski definition) is 5. The van der Waals surface area contributed by atoms with Crippen LogP contribution in [0.15, 0.2) is 47.4 Å². The summed E-state index contributed by atoms with van der Waals surface area (Å²) in [6, 6.07) is 9.58. The molecule has 2 aliphatic heterocycles. The molecule has 1 aromatic carbocycles. The van der Waals surface area contributed by atoms with Crippen molar-refractivity contribution in [1.29, 1.82) is 0 Å². The molecule has 4 heterocycles. The Balaban J connectivity index is 1.58. The minimum atomic E-state index is -1.00. The van der Waals surface area contributed by atoms with E-state index in [9.17, 15) is 24.6 Å². The van der Waals surface area contributed by atoms with Crippen LogP contribution in [0.25, 0.3) is 10.9 Å². The molecular weight excluding hydrogens is 426 g/mol. The van der Waals surface area contributed by atoms with E-state index < -0.39 is 18.0 Å². The third-order valence-electron chi connectivity index (χ3n) is 6.83. The van der Waals surface area contributed by atoms with Crippen molar-refractivity contribution in [3.05, 3.63) is 64.2 Å². The first kappa shape index (κ1) is 21.3. The predicted molar refractivity (Wildman–Crippen MR) is 120 cm³/mol. The minimum Gasteiger partial charge on any atom is -0.497 e. The van der Waals surface area contributed by atoms with Crippen LogP contribution < -0.4 is 10.3 Å². The smallest absolute Gasteiger partial charge is 0.325 e. The summed E-state index contributed by atoms with van der Waals surface area (Å²) >= 11 is 0. The molecule has 3 atom stereocenters. The Hall–Kier alpha value is -3.59. The highest BCUT2D eigenvalue weighted by molar-refractivity contribution is 5.91. The summed E-state index contributed by atoms with van der Waals surface area (Å²) in [6.45, 7) is 1.36. The largest absolute Gasteiger partial charge is 0.497 e. The summed E-state index contributed by atoms with van der Waals surface area (Å²) < 4.78 is 8.73. The standard InChI is InChI=1S/C24H25N3O6/c1-33-16-5-6-20-17(8-16)18(12-25(20)13-22(29)30)23(24(31)32)26-9-14-7-15(11-26)19-3-2-4-21(28)27(19)10-14/h2-6,8,12,14-15,23H,7,9-11,13H2,1H3,(H,29,30)(H,31,32)/t14-,15+,23?/m0/s1. The Morgan fingerprint density at radius 1 is 1.15 bits per heavy atom. The summed E-state index contributed by atoms with van der Waals surface area (Å²) in [6.07, 6.45) is 2.56. The second kappa shape index (κ2) is 8.08. The van der Waals surface area contributed by atoms with E-state index in [0.29, 0.717) is 41.9 Å². The summed E-state index contributed by atoms with van der Waals surface area (Å²) in [5, 5.41) is 20.3. The van der Waals surface area contributed by atoms with Gasteiger partial charge in [-0.2, -0.15) is 0 Å². The Morgan fingerprint density at radius 3 is 2.70 bits per heavy atom. The van der Waals surface area contributed by atoms with Crippen molar-refractivity contribution in [1.82, 2.24) is 14.0 Å². The van der Waals surface area contributed by atoms with Crippen LogP contribution in [-0.2, 0) is 22.7 Å². The normalized spacial score (nSPS) is 20.9. The number of benzene rings is 1. The number of fused-ring (bicyclic) bond motifs is 5. The van der Waals surface area contributed by atoms with Gasteiger partial charge in [0, 0.05) is 60.0 Å². The number of carboxylic acid groups (broad SMARTS) is 2. The topological polar surface area (TPSA) is 114 Å². The number of hydrogen-bond donors (Lipinski definition) is 2. The van der Waals surface area contributed by atoms with E-state index in [2.05, 4.69) is 0 Å². The molecule has 0 saturated carbocycles. The fourth-order valence-corrected chi connectivity index (χ4v) is 5.56. The van der Waals surface area contributed by atoms with Gasteiger partial charge in [-0.1, -0.05) is 6.07 Å². The average molecular weight is 451 g/mol. The maximum atomic E-state index is 12.6. The lowest BCUT2D eigenvalue weighted by atomic mass is 9.82. The molecule has 3 aromatic rings. The van der Waals surface area contributed by atoms with E-state index >= 15 is 0 Å². The maximum absolute atomic E-state index is 12.6. The first-order chi connectivity index (χ1) is 15.9. The van der Waals surface area contributed by atoms with Crippen molar-refractivity contribution in [2.24, 2.45) is 5.92 Å². The highest BCUT2D eigenvalue weighted by atomic mass is 16.5. The number of pyridine rings is 1. The van der Waals surface area contributed by atoms with Gasteiger partial charge in [-0.25, -0.2) is 0 Å². The molecule has 0 spiro atoms. The lowest BCUT2D eigenvalue weighted by Crippen LogP contribution is -2.49. The van der Waals surface area contributed by atoms with Crippen molar-refractivity contribution in [2.45, 2.75) is 31.5 Å². The first-order valence-electron chi connectivity index (χ1n) is 10.9. The van der Waals surface area contributed by atoms with Gasteiger partial charge in [-0.3, -0.25) is 19.3 Å².